The molecule has 21 heavy (non-hydrogen) atoms. The lowest BCUT2D eigenvalue weighted by atomic mass is 9.89. The van der Waals surface area contributed by atoms with Crippen molar-refractivity contribution < 1.29 is 0 Å². The quantitative estimate of drug-likeness (QED) is 0.572. The molecule has 0 bridgehead atoms. The summed E-state index contributed by atoms with van der Waals surface area (Å²) >= 11 is 5.85. The molecule has 0 aromatic heterocycles. The summed E-state index contributed by atoms with van der Waals surface area (Å²) in [5.41, 5.74) is 2.32. The normalized spacial score (nSPS) is 18.7. The average molecular weight is 316 g/mol. The molecule has 1 aromatic rings. The Morgan fingerprint density at radius 1 is 1.14 bits per heavy atom. The highest BCUT2D eigenvalue weighted by Crippen LogP contribution is 2.36. The van der Waals surface area contributed by atoms with Gasteiger partial charge in [-0.05, 0) is 30.2 Å². The summed E-state index contributed by atoms with van der Waals surface area (Å²) in [6.45, 7) is 16.6. The van der Waals surface area contributed by atoms with Crippen LogP contribution < -0.4 is 0 Å². The first-order valence-corrected chi connectivity index (χ1v) is 11.3. The maximum atomic E-state index is 5.85. The van der Waals surface area contributed by atoms with E-state index in [2.05, 4.69) is 81.4 Å². The topological polar surface area (TPSA) is 3.24 Å². The second kappa shape index (κ2) is 5.54. The Balaban J connectivity index is 2.42. The Labute approximate surface area is 135 Å². The predicted octanol–water partition coefficient (Wildman–Crippen LogP) is 4.97. The molecule has 0 saturated carbocycles. The van der Waals surface area contributed by atoms with Crippen molar-refractivity contribution in [3.8, 4) is 0 Å². The third-order valence-electron chi connectivity index (χ3n) is 4.25. The molecule has 0 spiro atoms. The van der Waals surface area contributed by atoms with Crippen LogP contribution >= 0.6 is 12.2 Å². The molecule has 0 N–H and O–H groups in total. The highest BCUT2D eigenvalue weighted by atomic mass is 32.1. The van der Waals surface area contributed by atoms with E-state index in [9.17, 15) is 0 Å². The van der Waals surface area contributed by atoms with Crippen LogP contribution in [-0.2, 0) is 6.54 Å². The Morgan fingerprint density at radius 2 is 1.71 bits per heavy atom. The predicted molar refractivity (Wildman–Crippen MR) is 99.2 cm³/mol. The Hall–Kier alpha value is -1.19. The van der Waals surface area contributed by atoms with Gasteiger partial charge in [0.25, 0.3) is 0 Å². The van der Waals surface area contributed by atoms with Gasteiger partial charge in [0.1, 0.15) is 4.99 Å². The lowest BCUT2D eigenvalue weighted by molar-refractivity contribution is 0.254. The largest absolute Gasteiger partial charge is 0.349 e. The minimum atomic E-state index is -1.47. The summed E-state index contributed by atoms with van der Waals surface area (Å²) in [6.07, 6.45) is 2.25. The van der Waals surface area contributed by atoms with E-state index in [-0.39, 0.29) is 5.54 Å². The van der Waals surface area contributed by atoms with Gasteiger partial charge in [-0.3, -0.25) is 0 Å². The van der Waals surface area contributed by atoms with Crippen molar-refractivity contribution in [1.29, 1.82) is 0 Å². The van der Waals surface area contributed by atoms with E-state index in [1.807, 2.05) is 0 Å². The van der Waals surface area contributed by atoms with Gasteiger partial charge in [0.2, 0.25) is 0 Å². The van der Waals surface area contributed by atoms with Crippen LogP contribution in [0.15, 0.2) is 53.8 Å². The molecule has 112 valence electrons. The second-order valence-electron chi connectivity index (χ2n) is 7.27. The molecule has 1 aromatic carbocycles. The summed E-state index contributed by atoms with van der Waals surface area (Å²) in [6, 6.07) is 10.5. The number of hydrogen-bond donors (Lipinski definition) is 0. The van der Waals surface area contributed by atoms with Crippen molar-refractivity contribution in [2.45, 2.75) is 45.6 Å². The molecule has 0 radical (unpaired) electrons. The SMILES string of the molecule is C=C1C=C([Si](C)(C)C)C(=S)N(Cc2ccccc2)C1(C)C. The van der Waals surface area contributed by atoms with E-state index in [1.54, 1.807) is 0 Å². The average Bonchev–Trinajstić information content (AvgIpc) is 2.39. The third-order valence-corrected chi connectivity index (χ3v) is 6.86. The molecular formula is C18H25NSSi. The maximum absolute atomic E-state index is 5.85. The van der Waals surface area contributed by atoms with Gasteiger partial charge in [-0.25, -0.2) is 0 Å². The summed E-state index contributed by atoms with van der Waals surface area (Å²) in [5, 5.41) is 1.35. The number of nitrogens with zero attached hydrogens (tertiary/aromatic N) is 1. The summed E-state index contributed by atoms with van der Waals surface area (Å²) in [4.78, 5) is 3.35. The third kappa shape index (κ3) is 3.19. The van der Waals surface area contributed by atoms with Gasteiger partial charge in [-0.2, -0.15) is 0 Å². The smallest absolute Gasteiger partial charge is 0.102 e. The van der Waals surface area contributed by atoms with E-state index >= 15 is 0 Å². The number of hydrogen-bond acceptors (Lipinski definition) is 1. The molecule has 1 heterocycles. The van der Waals surface area contributed by atoms with Crippen LogP contribution in [0.25, 0.3) is 0 Å². The Bertz CT molecular complexity index is 593. The lowest BCUT2D eigenvalue weighted by Gasteiger charge is -2.47. The van der Waals surface area contributed by atoms with Gasteiger partial charge in [0, 0.05) is 6.54 Å². The van der Waals surface area contributed by atoms with E-state index in [0.717, 1.165) is 17.1 Å². The van der Waals surface area contributed by atoms with Gasteiger partial charge in [0.15, 0.2) is 0 Å². The maximum Gasteiger partial charge on any atom is 0.102 e. The number of thiocarbonyl (C=S) groups is 1. The monoisotopic (exact) mass is 315 g/mol. The van der Waals surface area contributed by atoms with Crippen molar-refractivity contribution in [3.63, 3.8) is 0 Å². The highest BCUT2D eigenvalue weighted by molar-refractivity contribution is 7.81. The van der Waals surface area contributed by atoms with E-state index in [1.165, 1.54) is 10.8 Å². The minimum Gasteiger partial charge on any atom is -0.349 e. The molecule has 0 atom stereocenters. The highest BCUT2D eigenvalue weighted by Gasteiger charge is 2.39. The van der Waals surface area contributed by atoms with Gasteiger partial charge in [-0.15, -0.1) is 0 Å². The van der Waals surface area contributed by atoms with Gasteiger partial charge >= 0.3 is 0 Å². The molecule has 0 fully saturated rings. The van der Waals surface area contributed by atoms with E-state index in [4.69, 9.17) is 12.2 Å². The van der Waals surface area contributed by atoms with Crippen molar-refractivity contribution >= 4 is 25.3 Å². The number of benzene rings is 1. The van der Waals surface area contributed by atoms with Crippen molar-refractivity contribution in [2.75, 3.05) is 0 Å². The molecule has 0 aliphatic carbocycles. The molecule has 3 heteroatoms. The standard InChI is InChI=1S/C18H25NSSi/c1-14-12-16(21(4,5)6)17(20)19(18(14,2)3)13-15-10-8-7-9-11-15/h7-12H,1,13H2,2-6H3. The zero-order valence-electron chi connectivity index (χ0n) is 13.7. The van der Waals surface area contributed by atoms with E-state index < -0.39 is 8.07 Å². The zero-order chi connectivity index (χ0) is 15.8. The molecule has 1 aliphatic heterocycles. The Kier molecular flexibility index (Phi) is 4.27. The first-order chi connectivity index (χ1) is 9.64. The van der Waals surface area contributed by atoms with Crippen molar-refractivity contribution in [1.82, 2.24) is 4.90 Å². The first-order valence-electron chi connectivity index (χ1n) is 7.41. The summed E-state index contributed by atoms with van der Waals surface area (Å²) in [5.74, 6) is 0. The zero-order valence-corrected chi connectivity index (χ0v) is 15.6. The van der Waals surface area contributed by atoms with Crippen molar-refractivity contribution in [3.05, 3.63) is 59.3 Å². The molecule has 1 nitrogen and oxygen atoms in total. The van der Waals surface area contributed by atoms with Gasteiger partial charge < -0.3 is 4.90 Å². The van der Waals surface area contributed by atoms with Crippen LogP contribution in [0.2, 0.25) is 19.6 Å². The fourth-order valence-corrected chi connectivity index (χ4v) is 5.21. The Morgan fingerprint density at radius 3 is 2.24 bits per heavy atom. The fourth-order valence-electron chi connectivity index (χ4n) is 2.56. The second-order valence-corrected chi connectivity index (χ2v) is 12.7. The fraction of sp³-hybridized carbons (Fsp3) is 0.389. The summed E-state index contributed by atoms with van der Waals surface area (Å²) in [7, 11) is -1.47. The molecule has 0 amide bonds. The molecule has 0 unspecified atom stereocenters. The van der Waals surface area contributed by atoms with Crippen LogP contribution in [0.4, 0.5) is 0 Å². The van der Waals surface area contributed by atoms with Gasteiger partial charge in [0.05, 0.1) is 13.6 Å². The van der Waals surface area contributed by atoms with Crippen LogP contribution in [-0.4, -0.2) is 23.5 Å². The van der Waals surface area contributed by atoms with Crippen LogP contribution in [0.5, 0.6) is 0 Å². The van der Waals surface area contributed by atoms with E-state index in [0.29, 0.717) is 0 Å². The summed E-state index contributed by atoms with van der Waals surface area (Å²) < 4.78 is 0. The van der Waals surface area contributed by atoms with Crippen LogP contribution in [0.3, 0.4) is 0 Å². The van der Waals surface area contributed by atoms with Gasteiger partial charge in [-0.1, -0.05) is 74.8 Å². The van der Waals surface area contributed by atoms with Crippen LogP contribution in [0.1, 0.15) is 19.4 Å². The van der Waals surface area contributed by atoms with Crippen LogP contribution in [0, 0.1) is 0 Å². The first kappa shape index (κ1) is 16.2. The molecule has 2 rings (SSSR count). The number of rotatable bonds is 3. The molecule has 1 aliphatic rings. The lowest BCUT2D eigenvalue weighted by Crippen LogP contribution is -2.53. The van der Waals surface area contributed by atoms with Crippen molar-refractivity contribution in [2.24, 2.45) is 0 Å². The molecular weight excluding hydrogens is 290 g/mol. The molecule has 0 saturated heterocycles. The minimum absolute atomic E-state index is 0.129.